The Kier molecular flexibility index (Phi) is 2.76. The zero-order valence-corrected chi connectivity index (χ0v) is 9.92. The number of likely N-dealkylation sites (tertiary alicyclic amines) is 1. The summed E-state index contributed by atoms with van der Waals surface area (Å²) < 4.78 is 0. The van der Waals surface area contributed by atoms with Crippen LogP contribution in [-0.2, 0) is 6.54 Å². The average molecular weight is 233 g/mol. The van der Waals surface area contributed by atoms with Crippen LogP contribution in [-0.4, -0.2) is 34.2 Å². The van der Waals surface area contributed by atoms with E-state index in [0.717, 1.165) is 37.4 Å². The highest BCUT2D eigenvalue weighted by molar-refractivity contribution is 5.37. The van der Waals surface area contributed by atoms with Crippen molar-refractivity contribution >= 4 is 5.69 Å². The molecular weight excluding hydrogens is 214 g/mol. The molecule has 1 aliphatic carbocycles. The number of nitrogens with zero attached hydrogens (tertiary/aromatic N) is 2. The van der Waals surface area contributed by atoms with Crippen LogP contribution >= 0.6 is 0 Å². The van der Waals surface area contributed by atoms with Gasteiger partial charge in [-0.15, -0.1) is 0 Å². The first-order valence-electron chi connectivity index (χ1n) is 6.33. The van der Waals surface area contributed by atoms with E-state index in [1.165, 1.54) is 6.42 Å². The standard InChI is InChI=1S/C13H19N3O/c14-10-3-4-15-11(5-10)7-16-6-9-1-2-13(17)12(9)8-16/h3-5,9,12-13,17H,1-2,6-8H2,(H2,14,15). The molecule has 0 spiro atoms. The van der Waals surface area contributed by atoms with E-state index in [1.54, 1.807) is 6.20 Å². The summed E-state index contributed by atoms with van der Waals surface area (Å²) in [5.41, 5.74) is 7.55. The minimum atomic E-state index is -0.0844. The molecule has 2 heterocycles. The number of nitrogens with two attached hydrogens (primary N) is 1. The number of anilines is 1. The average Bonchev–Trinajstić information content (AvgIpc) is 2.82. The van der Waals surface area contributed by atoms with Crippen LogP contribution < -0.4 is 5.73 Å². The fourth-order valence-electron chi connectivity index (χ4n) is 3.27. The molecule has 2 aliphatic rings. The van der Waals surface area contributed by atoms with E-state index in [1.807, 2.05) is 12.1 Å². The molecule has 2 fully saturated rings. The van der Waals surface area contributed by atoms with Gasteiger partial charge in [-0.25, -0.2) is 0 Å². The topological polar surface area (TPSA) is 62.4 Å². The third kappa shape index (κ3) is 2.15. The van der Waals surface area contributed by atoms with Crippen molar-refractivity contribution in [1.82, 2.24) is 9.88 Å². The van der Waals surface area contributed by atoms with Gasteiger partial charge in [0.25, 0.3) is 0 Å². The van der Waals surface area contributed by atoms with Crippen molar-refractivity contribution in [2.45, 2.75) is 25.5 Å². The summed E-state index contributed by atoms with van der Waals surface area (Å²) >= 11 is 0. The van der Waals surface area contributed by atoms with E-state index in [2.05, 4.69) is 9.88 Å². The third-order valence-electron chi connectivity index (χ3n) is 4.12. The molecule has 92 valence electrons. The molecule has 4 heteroatoms. The Morgan fingerprint density at radius 2 is 2.29 bits per heavy atom. The molecule has 0 radical (unpaired) electrons. The van der Waals surface area contributed by atoms with Crippen LogP contribution in [0.25, 0.3) is 0 Å². The Hall–Kier alpha value is -1.13. The summed E-state index contributed by atoms with van der Waals surface area (Å²) in [5, 5.41) is 9.87. The van der Waals surface area contributed by atoms with E-state index in [-0.39, 0.29) is 6.10 Å². The van der Waals surface area contributed by atoms with Gasteiger partial charge in [0.1, 0.15) is 0 Å². The molecule has 1 aromatic rings. The molecule has 3 N–H and O–H groups in total. The monoisotopic (exact) mass is 233 g/mol. The maximum absolute atomic E-state index is 9.87. The fraction of sp³-hybridized carbons (Fsp3) is 0.615. The Balaban J connectivity index is 1.64. The van der Waals surface area contributed by atoms with E-state index in [0.29, 0.717) is 11.8 Å². The largest absolute Gasteiger partial charge is 0.399 e. The second-order valence-corrected chi connectivity index (χ2v) is 5.34. The SMILES string of the molecule is Nc1ccnc(CN2CC3CCC(O)C3C2)c1. The van der Waals surface area contributed by atoms with Crippen LogP contribution in [0.4, 0.5) is 5.69 Å². The van der Waals surface area contributed by atoms with E-state index < -0.39 is 0 Å². The predicted octanol–water partition coefficient (Wildman–Crippen LogP) is 0.866. The van der Waals surface area contributed by atoms with Gasteiger partial charge in [-0.05, 0) is 30.9 Å². The summed E-state index contributed by atoms with van der Waals surface area (Å²) in [6.07, 6.45) is 3.84. The van der Waals surface area contributed by atoms with Crippen LogP contribution in [0.1, 0.15) is 18.5 Å². The molecule has 4 nitrogen and oxygen atoms in total. The van der Waals surface area contributed by atoms with Gasteiger partial charge in [0.15, 0.2) is 0 Å². The Labute approximate surface area is 101 Å². The van der Waals surface area contributed by atoms with Gasteiger partial charge in [-0.1, -0.05) is 0 Å². The molecule has 0 bridgehead atoms. The highest BCUT2D eigenvalue weighted by Crippen LogP contribution is 2.38. The molecule has 1 aromatic heterocycles. The number of nitrogen functional groups attached to an aromatic ring is 1. The highest BCUT2D eigenvalue weighted by Gasteiger charge is 2.41. The molecule has 1 aliphatic heterocycles. The number of pyridine rings is 1. The van der Waals surface area contributed by atoms with Crippen molar-refractivity contribution in [3.8, 4) is 0 Å². The van der Waals surface area contributed by atoms with Crippen LogP contribution in [0.2, 0.25) is 0 Å². The number of aliphatic hydroxyl groups is 1. The van der Waals surface area contributed by atoms with Crippen molar-refractivity contribution in [3.05, 3.63) is 24.0 Å². The summed E-state index contributed by atoms with van der Waals surface area (Å²) in [6, 6.07) is 3.75. The molecule has 1 saturated carbocycles. The zero-order valence-electron chi connectivity index (χ0n) is 9.92. The first-order chi connectivity index (χ1) is 8.22. The molecule has 17 heavy (non-hydrogen) atoms. The van der Waals surface area contributed by atoms with Crippen LogP contribution in [0.3, 0.4) is 0 Å². The molecular formula is C13H19N3O. The van der Waals surface area contributed by atoms with E-state index in [9.17, 15) is 5.11 Å². The van der Waals surface area contributed by atoms with Gasteiger partial charge in [0.05, 0.1) is 11.8 Å². The molecule has 0 aromatic carbocycles. The number of aliphatic hydroxyl groups excluding tert-OH is 1. The van der Waals surface area contributed by atoms with Crippen molar-refractivity contribution in [2.75, 3.05) is 18.8 Å². The molecule has 3 atom stereocenters. The fourth-order valence-corrected chi connectivity index (χ4v) is 3.27. The number of aromatic nitrogens is 1. The lowest BCUT2D eigenvalue weighted by atomic mass is 10.00. The summed E-state index contributed by atoms with van der Waals surface area (Å²) in [7, 11) is 0. The zero-order chi connectivity index (χ0) is 11.8. The minimum Gasteiger partial charge on any atom is -0.399 e. The molecule has 3 unspecified atom stereocenters. The minimum absolute atomic E-state index is 0.0844. The number of hydrogen-bond acceptors (Lipinski definition) is 4. The Morgan fingerprint density at radius 1 is 1.41 bits per heavy atom. The van der Waals surface area contributed by atoms with Crippen LogP contribution in [0, 0.1) is 11.8 Å². The maximum Gasteiger partial charge on any atom is 0.0583 e. The van der Waals surface area contributed by atoms with Gasteiger partial charge in [-0.3, -0.25) is 9.88 Å². The van der Waals surface area contributed by atoms with Crippen LogP contribution in [0.5, 0.6) is 0 Å². The van der Waals surface area contributed by atoms with Gasteiger partial charge >= 0.3 is 0 Å². The third-order valence-corrected chi connectivity index (χ3v) is 4.12. The van der Waals surface area contributed by atoms with Crippen LogP contribution in [0.15, 0.2) is 18.3 Å². The Morgan fingerprint density at radius 3 is 3.06 bits per heavy atom. The van der Waals surface area contributed by atoms with Gasteiger partial charge in [0, 0.05) is 37.4 Å². The summed E-state index contributed by atoms with van der Waals surface area (Å²) in [6.45, 7) is 2.95. The number of rotatable bonds is 2. The smallest absolute Gasteiger partial charge is 0.0583 e. The number of hydrogen-bond donors (Lipinski definition) is 2. The Bertz CT molecular complexity index is 409. The molecule has 1 saturated heterocycles. The van der Waals surface area contributed by atoms with Gasteiger partial charge in [-0.2, -0.15) is 0 Å². The lowest BCUT2D eigenvalue weighted by Crippen LogP contribution is -2.24. The second-order valence-electron chi connectivity index (χ2n) is 5.34. The van der Waals surface area contributed by atoms with Gasteiger partial charge in [0.2, 0.25) is 0 Å². The second kappa shape index (κ2) is 4.27. The van der Waals surface area contributed by atoms with Crippen molar-refractivity contribution in [3.63, 3.8) is 0 Å². The van der Waals surface area contributed by atoms with E-state index >= 15 is 0 Å². The lowest BCUT2D eigenvalue weighted by molar-refractivity contribution is 0.123. The van der Waals surface area contributed by atoms with Crippen molar-refractivity contribution in [1.29, 1.82) is 0 Å². The van der Waals surface area contributed by atoms with Crippen molar-refractivity contribution in [2.24, 2.45) is 11.8 Å². The molecule has 0 amide bonds. The predicted molar refractivity (Wildman–Crippen MR) is 66.1 cm³/mol. The normalized spacial score (nSPS) is 32.9. The summed E-state index contributed by atoms with van der Waals surface area (Å²) in [5.74, 6) is 1.17. The van der Waals surface area contributed by atoms with Gasteiger partial charge < -0.3 is 10.8 Å². The number of fused-ring (bicyclic) bond motifs is 1. The first kappa shape index (κ1) is 11.0. The first-order valence-corrected chi connectivity index (χ1v) is 6.33. The maximum atomic E-state index is 9.87. The highest BCUT2D eigenvalue weighted by atomic mass is 16.3. The van der Waals surface area contributed by atoms with E-state index in [4.69, 9.17) is 5.73 Å². The quantitative estimate of drug-likeness (QED) is 0.795. The summed E-state index contributed by atoms with van der Waals surface area (Å²) in [4.78, 5) is 6.72. The lowest BCUT2D eigenvalue weighted by Gasteiger charge is -2.17. The molecule has 3 rings (SSSR count). The van der Waals surface area contributed by atoms with Crippen molar-refractivity contribution < 1.29 is 5.11 Å².